The molecule has 7 heteroatoms. The van der Waals surface area contributed by atoms with Crippen LogP contribution in [0, 0.1) is 0 Å². The maximum Gasteiger partial charge on any atom is 0.323 e. The average Bonchev–Trinajstić information content (AvgIpc) is 2.49. The number of carbonyl (C=O) groups excluding carboxylic acids is 1. The highest BCUT2D eigenvalue weighted by Crippen LogP contribution is 2.39. The van der Waals surface area contributed by atoms with E-state index in [1.54, 1.807) is 18.3 Å². The lowest BCUT2D eigenvalue weighted by Gasteiger charge is -2.44. The molecule has 2 aliphatic heterocycles. The van der Waals surface area contributed by atoms with Crippen molar-refractivity contribution in [1.29, 1.82) is 0 Å². The minimum Gasteiger partial charge on any atom is -0.381 e. The summed E-state index contributed by atoms with van der Waals surface area (Å²) >= 11 is 1.98. The number of urea groups is 1. The standard InChI is InChI=1S/C13H18N4O2S/c18-12(15-11-2-1-5-14-16-11)17-6-9-20-13(10-17)3-7-19-8-4-13/h1-2,5H,3-4,6-10H2,(H,15,16,18). The predicted octanol–water partition coefficient (Wildman–Crippen LogP) is 1.61. The zero-order valence-electron chi connectivity index (χ0n) is 11.2. The van der Waals surface area contributed by atoms with Crippen LogP contribution in [0.25, 0.3) is 0 Å². The van der Waals surface area contributed by atoms with E-state index in [4.69, 9.17) is 4.74 Å². The molecule has 0 saturated carbocycles. The SMILES string of the molecule is O=C(Nc1cccnn1)N1CCSC2(CCOCC2)C1. The van der Waals surface area contributed by atoms with Gasteiger partial charge >= 0.3 is 6.03 Å². The summed E-state index contributed by atoms with van der Waals surface area (Å²) in [5.41, 5.74) is 0. The molecule has 2 fully saturated rings. The summed E-state index contributed by atoms with van der Waals surface area (Å²) in [4.78, 5) is 14.2. The molecule has 0 aromatic carbocycles. The van der Waals surface area contributed by atoms with Crippen molar-refractivity contribution in [2.45, 2.75) is 17.6 Å². The number of ether oxygens (including phenoxy) is 1. The Kier molecular flexibility index (Phi) is 4.07. The van der Waals surface area contributed by atoms with Gasteiger partial charge in [0.05, 0.1) is 0 Å². The molecular formula is C13H18N4O2S. The Morgan fingerprint density at radius 3 is 3.05 bits per heavy atom. The fraction of sp³-hybridized carbons (Fsp3) is 0.615. The second-order valence-corrected chi connectivity index (χ2v) is 6.67. The third kappa shape index (κ3) is 3.04. The monoisotopic (exact) mass is 294 g/mol. The van der Waals surface area contributed by atoms with Crippen molar-refractivity contribution in [1.82, 2.24) is 15.1 Å². The Hall–Kier alpha value is -1.34. The number of nitrogens with zero attached hydrogens (tertiary/aromatic N) is 3. The van der Waals surface area contributed by atoms with Gasteiger partial charge in [0.2, 0.25) is 0 Å². The van der Waals surface area contributed by atoms with Crippen LogP contribution in [-0.2, 0) is 4.74 Å². The maximum atomic E-state index is 12.3. The Bertz CT molecular complexity index is 459. The topological polar surface area (TPSA) is 67.4 Å². The molecule has 108 valence electrons. The molecule has 20 heavy (non-hydrogen) atoms. The van der Waals surface area contributed by atoms with Crippen molar-refractivity contribution in [3.63, 3.8) is 0 Å². The van der Waals surface area contributed by atoms with Gasteiger partial charge in [0.15, 0.2) is 5.82 Å². The van der Waals surface area contributed by atoms with Crippen molar-refractivity contribution < 1.29 is 9.53 Å². The minimum atomic E-state index is -0.0864. The normalized spacial score (nSPS) is 21.7. The molecule has 1 N–H and O–H groups in total. The second kappa shape index (κ2) is 5.97. The molecule has 2 aliphatic rings. The van der Waals surface area contributed by atoms with Crippen LogP contribution >= 0.6 is 11.8 Å². The van der Waals surface area contributed by atoms with Crippen LogP contribution in [-0.4, -0.2) is 57.9 Å². The van der Waals surface area contributed by atoms with Crippen LogP contribution in [0.4, 0.5) is 10.6 Å². The molecule has 1 spiro atoms. The van der Waals surface area contributed by atoms with E-state index in [2.05, 4.69) is 15.5 Å². The fourth-order valence-electron chi connectivity index (χ4n) is 2.62. The van der Waals surface area contributed by atoms with E-state index in [0.29, 0.717) is 5.82 Å². The van der Waals surface area contributed by atoms with Crippen LogP contribution < -0.4 is 5.32 Å². The molecule has 3 heterocycles. The molecule has 6 nitrogen and oxygen atoms in total. The summed E-state index contributed by atoms with van der Waals surface area (Å²) < 4.78 is 5.61. The third-order valence-corrected chi connectivity index (χ3v) is 5.28. The van der Waals surface area contributed by atoms with Crippen molar-refractivity contribution in [2.24, 2.45) is 0 Å². The van der Waals surface area contributed by atoms with Crippen LogP contribution in [0.1, 0.15) is 12.8 Å². The zero-order chi connectivity index (χ0) is 13.8. The van der Waals surface area contributed by atoms with Crippen LogP contribution in [0.3, 0.4) is 0 Å². The van der Waals surface area contributed by atoms with Gasteiger partial charge in [0.25, 0.3) is 0 Å². The van der Waals surface area contributed by atoms with E-state index in [1.807, 2.05) is 16.7 Å². The van der Waals surface area contributed by atoms with Crippen LogP contribution in [0.15, 0.2) is 18.3 Å². The first-order valence-electron chi connectivity index (χ1n) is 6.83. The Balaban J connectivity index is 1.63. The Labute approximate surface area is 122 Å². The molecule has 3 rings (SSSR count). The van der Waals surface area contributed by atoms with E-state index in [0.717, 1.165) is 44.9 Å². The highest BCUT2D eigenvalue weighted by atomic mass is 32.2. The quantitative estimate of drug-likeness (QED) is 0.852. The number of thioether (sulfide) groups is 1. The highest BCUT2D eigenvalue weighted by Gasteiger charge is 2.39. The molecule has 0 radical (unpaired) electrons. The molecule has 2 saturated heterocycles. The van der Waals surface area contributed by atoms with Crippen molar-refractivity contribution in [3.8, 4) is 0 Å². The molecule has 2 amide bonds. The Morgan fingerprint density at radius 1 is 1.45 bits per heavy atom. The van der Waals surface area contributed by atoms with Crippen LogP contribution in [0.5, 0.6) is 0 Å². The molecule has 0 atom stereocenters. The summed E-state index contributed by atoms with van der Waals surface area (Å²) in [5.74, 6) is 1.48. The summed E-state index contributed by atoms with van der Waals surface area (Å²) in [6, 6.07) is 3.42. The van der Waals surface area contributed by atoms with Gasteiger partial charge in [0, 0.05) is 43.0 Å². The van der Waals surface area contributed by atoms with Crippen molar-refractivity contribution in [2.75, 3.05) is 37.4 Å². The smallest absolute Gasteiger partial charge is 0.323 e. The van der Waals surface area contributed by atoms with Crippen molar-refractivity contribution in [3.05, 3.63) is 18.3 Å². The molecule has 0 bridgehead atoms. The molecule has 0 unspecified atom stereocenters. The summed E-state index contributed by atoms with van der Waals surface area (Å²) in [6.07, 6.45) is 3.63. The lowest BCUT2D eigenvalue weighted by molar-refractivity contribution is 0.0677. The van der Waals surface area contributed by atoms with E-state index in [1.165, 1.54) is 0 Å². The number of carbonyl (C=O) groups is 1. The molecular weight excluding hydrogens is 276 g/mol. The van der Waals surface area contributed by atoms with E-state index in [9.17, 15) is 4.79 Å². The van der Waals surface area contributed by atoms with Gasteiger partial charge in [-0.2, -0.15) is 16.9 Å². The number of hydrogen-bond acceptors (Lipinski definition) is 5. The summed E-state index contributed by atoms with van der Waals surface area (Å²) in [5, 5.41) is 10.5. The van der Waals surface area contributed by atoms with Gasteiger partial charge in [-0.3, -0.25) is 5.32 Å². The van der Waals surface area contributed by atoms with Gasteiger partial charge < -0.3 is 9.64 Å². The number of nitrogens with one attached hydrogen (secondary N) is 1. The minimum absolute atomic E-state index is 0.0864. The van der Waals surface area contributed by atoms with Gasteiger partial charge in [-0.05, 0) is 25.0 Å². The largest absolute Gasteiger partial charge is 0.381 e. The van der Waals surface area contributed by atoms with Gasteiger partial charge in [-0.15, -0.1) is 5.10 Å². The maximum absolute atomic E-state index is 12.3. The van der Waals surface area contributed by atoms with E-state index < -0.39 is 0 Å². The fourth-order valence-corrected chi connectivity index (χ4v) is 4.07. The first-order valence-corrected chi connectivity index (χ1v) is 7.81. The third-order valence-electron chi connectivity index (χ3n) is 3.75. The zero-order valence-corrected chi connectivity index (χ0v) is 12.1. The number of anilines is 1. The van der Waals surface area contributed by atoms with Crippen molar-refractivity contribution >= 4 is 23.6 Å². The number of hydrogen-bond donors (Lipinski definition) is 1. The van der Waals surface area contributed by atoms with Gasteiger partial charge in [-0.25, -0.2) is 4.79 Å². The first kappa shape index (κ1) is 13.6. The van der Waals surface area contributed by atoms with Crippen LogP contribution in [0.2, 0.25) is 0 Å². The van der Waals surface area contributed by atoms with E-state index in [-0.39, 0.29) is 10.8 Å². The molecule has 0 aliphatic carbocycles. The second-order valence-electron chi connectivity index (χ2n) is 5.10. The lowest BCUT2D eigenvalue weighted by atomic mass is 9.98. The Morgan fingerprint density at radius 2 is 2.30 bits per heavy atom. The average molecular weight is 294 g/mol. The predicted molar refractivity (Wildman–Crippen MR) is 77.9 cm³/mol. The van der Waals surface area contributed by atoms with E-state index >= 15 is 0 Å². The number of amides is 2. The summed E-state index contributed by atoms with van der Waals surface area (Å²) in [6.45, 7) is 3.16. The first-order chi connectivity index (χ1) is 9.77. The van der Waals surface area contributed by atoms with Gasteiger partial charge in [0.1, 0.15) is 0 Å². The molecule has 1 aromatic rings. The summed E-state index contributed by atoms with van der Waals surface area (Å²) in [7, 11) is 0. The number of rotatable bonds is 1. The highest BCUT2D eigenvalue weighted by molar-refractivity contribution is 8.00. The van der Waals surface area contributed by atoms with Gasteiger partial charge in [-0.1, -0.05) is 0 Å². The molecule has 1 aromatic heterocycles. The number of aromatic nitrogens is 2. The lowest BCUT2D eigenvalue weighted by Crippen LogP contribution is -2.52.